The van der Waals surface area contributed by atoms with Crippen LogP contribution in [0.15, 0.2) is 0 Å². The lowest BCUT2D eigenvalue weighted by molar-refractivity contribution is -0.175. The second-order valence-corrected chi connectivity index (χ2v) is 3.76. The lowest BCUT2D eigenvalue weighted by Crippen LogP contribution is -2.39. The van der Waals surface area contributed by atoms with Gasteiger partial charge in [-0.2, -0.15) is 13.2 Å². The van der Waals surface area contributed by atoms with Crippen molar-refractivity contribution < 1.29 is 32.6 Å². The maximum absolute atomic E-state index is 11.7. The monoisotopic (exact) mass is 271 g/mol. The molecular formula is C10H16F3NO4. The van der Waals surface area contributed by atoms with E-state index in [-0.39, 0.29) is 6.42 Å². The van der Waals surface area contributed by atoms with Crippen LogP contribution in [0.1, 0.15) is 26.2 Å². The maximum Gasteiger partial charge on any atom is 0.411 e. The molecule has 1 atom stereocenters. The molecule has 1 amide bonds. The smallest absolute Gasteiger partial charge is 0.411 e. The summed E-state index contributed by atoms with van der Waals surface area (Å²) in [5.74, 6) is -1.83. The van der Waals surface area contributed by atoms with Gasteiger partial charge in [-0.15, -0.1) is 0 Å². The third-order valence-electron chi connectivity index (χ3n) is 1.92. The summed E-state index contributed by atoms with van der Waals surface area (Å²) in [6, 6.07) is -0.588. The fraction of sp³-hybridized carbons (Fsp3) is 0.800. The number of carbonyl (C=O) groups excluding carboxylic acids is 1. The van der Waals surface area contributed by atoms with E-state index in [1.807, 2.05) is 0 Å². The van der Waals surface area contributed by atoms with Gasteiger partial charge in [-0.05, 0) is 6.42 Å². The Balaban J connectivity index is 3.98. The summed E-state index contributed by atoms with van der Waals surface area (Å²) in [5, 5.41) is 10.9. The van der Waals surface area contributed by atoms with Gasteiger partial charge in [0.15, 0.2) is 0 Å². The summed E-state index contributed by atoms with van der Waals surface area (Å²) in [5.41, 5.74) is 0. The van der Waals surface area contributed by atoms with Gasteiger partial charge in [-0.3, -0.25) is 9.59 Å². The van der Waals surface area contributed by atoms with E-state index in [0.29, 0.717) is 12.8 Å². The van der Waals surface area contributed by atoms with Crippen LogP contribution < -0.4 is 5.32 Å². The Kier molecular flexibility index (Phi) is 7.33. The quantitative estimate of drug-likeness (QED) is 0.698. The van der Waals surface area contributed by atoms with Gasteiger partial charge in [-0.1, -0.05) is 13.3 Å². The highest BCUT2D eigenvalue weighted by atomic mass is 19.4. The molecule has 0 rings (SSSR count). The molecule has 0 aliphatic rings. The number of nitrogens with one attached hydrogen (secondary N) is 1. The summed E-state index contributed by atoms with van der Waals surface area (Å²) in [6.45, 7) is -0.432. The third kappa shape index (κ3) is 9.88. The number of carbonyl (C=O) groups is 2. The van der Waals surface area contributed by atoms with Crippen LogP contribution in [0.3, 0.4) is 0 Å². The maximum atomic E-state index is 11.7. The summed E-state index contributed by atoms with van der Waals surface area (Å²) in [7, 11) is 0. The number of carboxylic acids is 1. The van der Waals surface area contributed by atoms with Gasteiger partial charge in [0.1, 0.15) is 13.2 Å². The van der Waals surface area contributed by atoms with E-state index in [1.165, 1.54) is 0 Å². The lowest BCUT2D eigenvalue weighted by Gasteiger charge is -2.16. The lowest BCUT2D eigenvalue weighted by atomic mass is 10.1. The third-order valence-corrected chi connectivity index (χ3v) is 1.92. The molecule has 0 saturated heterocycles. The van der Waals surface area contributed by atoms with Crippen LogP contribution in [0.4, 0.5) is 13.2 Å². The summed E-state index contributed by atoms with van der Waals surface area (Å²) in [4.78, 5) is 21.7. The van der Waals surface area contributed by atoms with E-state index in [2.05, 4.69) is 10.1 Å². The van der Waals surface area contributed by atoms with Crippen LogP contribution >= 0.6 is 0 Å². The molecule has 0 saturated carbocycles. The van der Waals surface area contributed by atoms with Crippen molar-refractivity contribution >= 4 is 11.9 Å². The molecule has 0 heterocycles. The molecule has 0 fully saturated rings. The Hall–Kier alpha value is -1.31. The van der Waals surface area contributed by atoms with Crippen LogP contribution in [0, 0.1) is 0 Å². The molecule has 0 aromatic rings. The van der Waals surface area contributed by atoms with Gasteiger partial charge >= 0.3 is 12.1 Å². The largest absolute Gasteiger partial charge is 0.481 e. The fourth-order valence-electron chi connectivity index (χ4n) is 1.31. The fourth-order valence-corrected chi connectivity index (χ4v) is 1.31. The van der Waals surface area contributed by atoms with Crippen LogP contribution in [0.25, 0.3) is 0 Å². The van der Waals surface area contributed by atoms with Gasteiger partial charge in [-0.25, -0.2) is 0 Å². The normalized spacial score (nSPS) is 13.1. The van der Waals surface area contributed by atoms with Crippen LogP contribution in [-0.2, 0) is 14.3 Å². The zero-order chi connectivity index (χ0) is 14.2. The summed E-state index contributed by atoms with van der Waals surface area (Å²) >= 11 is 0. The van der Waals surface area contributed by atoms with E-state index < -0.39 is 37.3 Å². The van der Waals surface area contributed by atoms with Crippen molar-refractivity contribution in [2.45, 2.75) is 38.4 Å². The average molecular weight is 271 g/mol. The molecule has 8 heteroatoms. The first-order chi connectivity index (χ1) is 8.24. The van der Waals surface area contributed by atoms with Crippen LogP contribution in [-0.4, -0.2) is 42.4 Å². The molecular weight excluding hydrogens is 255 g/mol. The van der Waals surface area contributed by atoms with Crippen molar-refractivity contribution in [1.29, 1.82) is 0 Å². The van der Waals surface area contributed by atoms with Gasteiger partial charge in [0, 0.05) is 6.04 Å². The molecule has 18 heavy (non-hydrogen) atoms. The zero-order valence-electron chi connectivity index (χ0n) is 9.92. The number of aliphatic carboxylic acids is 1. The Morgan fingerprint density at radius 3 is 2.44 bits per heavy atom. The molecule has 0 spiro atoms. The van der Waals surface area contributed by atoms with Gasteiger partial charge in [0.2, 0.25) is 5.91 Å². The highest BCUT2D eigenvalue weighted by molar-refractivity contribution is 5.78. The Morgan fingerprint density at radius 1 is 1.39 bits per heavy atom. The second-order valence-electron chi connectivity index (χ2n) is 3.76. The minimum absolute atomic E-state index is 0.265. The number of alkyl halides is 3. The average Bonchev–Trinajstić information content (AvgIpc) is 2.14. The topological polar surface area (TPSA) is 75.6 Å². The number of carboxylic acid groups (broad SMARTS) is 1. The Morgan fingerprint density at radius 2 is 2.00 bits per heavy atom. The van der Waals surface area contributed by atoms with E-state index >= 15 is 0 Å². The van der Waals surface area contributed by atoms with Crippen molar-refractivity contribution in [3.8, 4) is 0 Å². The van der Waals surface area contributed by atoms with Crippen molar-refractivity contribution in [2.24, 2.45) is 0 Å². The van der Waals surface area contributed by atoms with Gasteiger partial charge in [0.05, 0.1) is 6.42 Å². The summed E-state index contributed by atoms with van der Waals surface area (Å²) < 4.78 is 39.3. The zero-order valence-corrected chi connectivity index (χ0v) is 9.92. The van der Waals surface area contributed by atoms with E-state index in [4.69, 9.17) is 5.11 Å². The Labute approximate surface area is 102 Å². The molecule has 0 aliphatic carbocycles. The van der Waals surface area contributed by atoms with Crippen molar-refractivity contribution in [2.75, 3.05) is 13.2 Å². The highest BCUT2D eigenvalue weighted by Crippen LogP contribution is 2.14. The summed E-state index contributed by atoms with van der Waals surface area (Å²) in [6.07, 6.45) is -3.65. The number of ether oxygens (including phenoxy) is 1. The van der Waals surface area contributed by atoms with E-state index in [9.17, 15) is 22.8 Å². The first-order valence-corrected chi connectivity index (χ1v) is 5.40. The predicted octanol–water partition coefficient (Wildman–Crippen LogP) is 1.32. The van der Waals surface area contributed by atoms with Crippen molar-refractivity contribution in [3.05, 3.63) is 0 Å². The van der Waals surface area contributed by atoms with Gasteiger partial charge in [0.25, 0.3) is 0 Å². The minimum Gasteiger partial charge on any atom is -0.481 e. The highest BCUT2D eigenvalue weighted by Gasteiger charge is 2.28. The molecule has 0 aromatic carbocycles. The minimum atomic E-state index is -4.48. The van der Waals surface area contributed by atoms with E-state index in [0.717, 1.165) is 0 Å². The molecule has 0 bridgehead atoms. The standard InChI is InChI=1S/C10H16F3NO4/c1-2-3-7(4-9(16)17)14-8(15)5-18-6-10(11,12)13/h7H,2-6H2,1H3,(H,14,15)(H,16,17). The molecule has 5 nitrogen and oxygen atoms in total. The molecule has 1 unspecified atom stereocenters. The SMILES string of the molecule is CCCC(CC(=O)O)NC(=O)COCC(F)(F)F. The molecule has 106 valence electrons. The Bertz CT molecular complexity index is 281. The van der Waals surface area contributed by atoms with Crippen molar-refractivity contribution in [3.63, 3.8) is 0 Å². The molecule has 2 N–H and O–H groups in total. The first kappa shape index (κ1) is 16.7. The number of halogens is 3. The second kappa shape index (κ2) is 7.91. The molecule has 0 radical (unpaired) electrons. The van der Waals surface area contributed by atoms with Crippen LogP contribution in [0.5, 0.6) is 0 Å². The van der Waals surface area contributed by atoms with Gasteiger partial charge < -0.3 is 15.2 Å². The number of hydrogen-bond acceptors (Lipinski definition) is 3. The number of rotatable bonds is 8. The van der Waals surface area contributed by atoms with Crippen LogP contribution in [0.2, 0.25) is 0 Å². The number of hydrogen-bond donors (Lipinski definition) is 2. The number of amides is 1. The molecule has 0 aliphatic heterocycles. The van der Waals surface area contributed by atoms with Crippen molar-refractivity contribution in [1.82, 2.24) is 5.32 Å². The predicted molar refractivity (Wildman–Crippen MR) is 56.0 cm³/mol. The van der Waals surface area contributed by atoms with E-state index in [1.54, 1.807) is 6.92 Å². The molecule has 0 aromatic heterocycles. The first-order valence-electron chi connectivity index (χ1n) is 5.40.